The van der Waals surface area contributed by atoms with Crippen LogP contribution in [-0.2, 0) is 11.3 Å². The monoisotopic (exact) mass is 261 g/mol. The zero-order valence-corrected chi connectivity index (χ0v) is 10.6. The van der Waals surface area contributed by atoms with Gasteiger partial charge in [0.1, 0.15) is 6.26 Å². The molecule has 0 aliphatic heterocycles. The number of hydrogen-bond acceptors (Lipinski definition) is 6. The summed E-state index contributed by atoms with van der Waals surface area (Å²) in [5.74, 6) is -0.501. The van der Waals surface area contributed by atoms with Crippen molar-refractivity contribution in [3.05, 3.63) is 41.8 Å². The summed E-state index contributed by atoms with van der Waals surface area (Å²) in [6.07, 6.45) is 1.26. The van der Waals surface area contributed by atoms with Crippen LogP contribution in [0, 0.1) is 0 Å². The highest BCUT2D eigenvalue weighted by Gasteiger charge is 2.12. The number of para-hydroxylation sites is 1. The first-order chi connectivity index (χ1) is 9.20. The quantitative estimate of drug-likeness (QED) is 0.632. The van der Waals surface area contributed by atoms with Crippen molar-refractivity contribution < 1.29 is 13.9 Å². The largest absolute Gasteiger partial charge is 0.461 e. The molecule has 1 aromatic carbocycles. The minimum atomic E-state index is -0.501. The van der Waals surface area contributed by atoms with Gasteiger partial charge >= 0.3 is 5.97 Å². The van der Waals surface area contributed by atoms with Gasteiger partial charge in [0.25, 0.3) is 6.01 Å². The Kier molecular flexibility index (Phi) is 4.02. The molecule has 6 nitrogen and oxygen atoms in total. The van der Waals surface area contributed by atoms with Crippen molar-refractivity contribution in [2.24, 2.45) is 0 Å². The molecule has 2 aromatic rings. The summed E-state index contributed by atoms with van der Waals surface area (Å²) in [6.45, 7) is 2.50. The second-order valence-electron chi connectivity index (χ2n) is 3.81. The summed E-state index contributed by atoms with van der Waals surface area (Å²) in [6, 6.07) is 7.73. The Bertz CT molecular complexity index is 566. The molecule has 2 rings (SSSR count). The summed E-state index contributed by atoms with van der Waals surface area (Å²) >= 11 is 0. The van der Waals surface area contributed by atoms with Gasteiger partial charge in [0.15, 0.2) is 5.69 Å². The number of carbonyl (C=O) groups excluding carboxylic acids is 1. The van der Waals surface area contributed by atoms with Crippen molar-refractivity contribution in [2.75, 3.05) is 17.7 Å². The molecule has 1 aromatic heterocycles. The molecule has 0 atom stereocenters. The van der Waals surface area contributed by atoms with Gasteiger partial charge in [-0.05, 0) is 18.6 Å². The Labute approximate surface area is 110 Å². The van der Waals surface area contributed by atoms with E-state index in [9.17, 15) is 4.79 Å². The number of aromatic nitrogens is 1. The molecule has 0 radical (unpaired) electrons. The molecule has 100 valence electrons. The number of hydrogen-bond donors (Lipinski definition) is 2. The van der Waals surface area contributed by atoms with Gasteiger partial charge in [-0.3, -0.25) is 0 Å². The minimum absolute atomic E-state index is 0.144. The normalized spacial score (nSPS) is 10.2. The Morgan fingerprint density at radius 2 is 2.26 bits per heavy atom. The molecule has 3 N–H and O–H groups in total. The first-order valence-electron chi connectivity index (χ1n) is 5.90. The fourth-order valence-corrected chi connectivity index (χ4v) is 1.52. The van der Waals surface area contributed by atoms with E-state index >= 15 is 0 Å². The van der Waals surface area contributed by atoms with Crippen molar-refractivity contribution in [3.8, 4) is 0 Å². The van der Waals surface area contributed by atoms with E-state index in [-0.39, 0.29) is 11.7 Å². The number of carbonyl (C=O) groups is 1. The molecule has 19 heavy (non-hydrogen) atoms. The smallest absolute Gasteiger partial charge is 0.360 e. The number of rotatable bonds is 5. The number of benzene rings is 1. The molecule has 0 saturated heterocycles. The van der Waals surface area contributed by atoms with Crippen LogP contribution in [0.1, 0.15) is 23.0 Å². The van der Waals surface area contributed by atoms with E-state index < -0.39 is 5.97 Å². The lowest BCUT2D eigenvalue weighted by Gasteiger charge is -2.04. The number of esters is 1. The predicted octanol–water partition coefficient (Wildman–Crippen LogP) is 2.05. The molecule has 6 heteroatoms. The van der Waals surface area contributed by atoms with Gasteiger partial charge in [-0.1, -0.05) is 18.2 Å². The molecular weight excluding hydrogens is 246 g/mol. The lowest BCUT2D eigenvalue weighted by molar-refractivity contribution is 0.0519. The molecule has 0 bridgehead atoms. The third kappa shape index (κ3) is 3.25. The Morgan fingerprint density at radius 3 is 3.00 bits per heavy atom. The number of nitrogen functional groups attached to an aromatic ring is 1. The number of nitrogens with one attached hydrogen (secondary N) is 1. The number of anilines is 2. The Morgan fingerprint density at radius 1 is 1.47 bits per heavy atom. The van der Waals surface area contributed by atoms with E-state index in [4.69, 9.17) is 14.9 Å². The summed E-state index contributed by atoms with van der Waals surface area (Å²) in [7, 11) is 0. The van der Waals surface area contributed by atoms with Crippen molar-refractivity contribution >= 4 is 17.7 Å². The number of nitrogens with two attached hydrogens (primary N) is 1. The Balaban J connectivity index is 1.97. The van der Waals surface area contributed by atoms with Crippen LogP contribution in [-0.4, -0.2) is 17.6 Å². The van der Waals surface area contributed by atoms with E-state index in [2.05, 4.69) is 10.3 Å². The van der Waals surface area contributed by atoms with E-state index in [1.54, 1.807) is 6.92 Å². The average Bonchev–Trinajstić information content (AvgIpc) is 2.87. The van der Waals surface area contributed by atoms with Crippen LogP contribution in [0.3, 0.4) is 0 Å². The van der Waals surface area contributed by atoms with Crippen LogP contribution < -0.4 is 11.1 Å². The van der Waals surface area contributed by atoms with Crippen molar-refractivity contribution in [3.63, 3.8) is 0 Å². The third-order valence-corrected chi connectivity index (χ3v) is 2.47. The highest BCUT2D eigenvalue weighted by molar-refractivity contribution is 5.87. The maximum absolute atomic E-state index is 11.4. The first kappa shape index (κ1) is 12.9. The fraction of sp³-hybridized carbons (Fsp3) is 0.231. The molecule has 0 saturated carbocycles. The van der Waals surface area contributed by atoms with Crippen molar-refractivity contribution in [1.29, 1.82) is 0 Å². The summed E-state index contributed by atoms with van der Waals surface area (Å²) in [5, 5.41) is 2.95. The van der Waals surface area contributed by atoms with Gasteiger partial charge in [-0.25, -0.2) is 4.79 Å². The number of oxazole rings is 1. The van der Waals surface area contributed by atoms with Gasteiger partial charge in [0.2, 0.25) is 0 Å². The number of ether oxygens (including phenoxy) is 1. The molecule has 0 fully saturated rings. The second-order valence-corrected chi connectivity index (χ2v) is 3.81. The summed E-state index contributed by atoms with van der Waals surface area (Å²) in [4.78, 5) is 15.4. The van der Waals surface area contributed by atoms with E-state index in [1.165, 1.54) is 6.26 Å². The highest BCUT2D eigenvalue weighted by Crippen LogP contribution is 2.14. The van der Waals surface area contributed by atoms with Gasteiger partial charge in [0.05, 0.1) is 6.61 Å². The third-order valence-electron chi connectivity index (χ3n) is 2.47. The van der Waals surface area contributed by atoms with Crippen LogP contribution >= 0.6 is 0 Å². The van der Waals surface area contributed by atoms with E-state index in [0.717, 1.165) is 5.56 Å². The van der Waals surface area contributed by atoms with E-state index in [0.29, 0.717) is 18.8 Å². The number of nitrogens with zero attached hydrogens (tertiary/aromatic N) is 1. The molecule has 1 heterocycles. The lowest BCUT2D eigenvalue weighted by atomic mass is 10.2. The second kappa shape index (κ2) is 5.90. The van der Waals surface area contributed by atoms with Gasteiger partial charge < -0.3 is 20.2 Å². The zero-order chi connectivity index (χ0) is 13.7. The average molecular weight is 261 g/mol. The fourth-order valence-electron chi connectivity index (χ4n) is 1.52. The first-order valence-corrected chi connectivity index (χ1v) is 5.90. The lowest BCUT2D eigenvalue weighted by Crippen LogP contribution is -2.06. The predicted molar refractivity (Wildman–Crippen MR) is 70.6 cm³/mol. The zero-order valence-electron chi connectivity index (χ0n) is 10.6. The molecule has 0 amide bonds. The maximum Gasteiger partial charge on any atom is 0.360 e. The Hall–Kier alpha value is -2.50. The highest BCUT2D eigenvalue weighted by atomic mass is 16.5. The van der Waals surface area contributed by atoms with Crippen molar-refractivity contribution in [2.45, 2.75) is 13.5 Å². The van der Waals surface area contributed by atoms with Gasteiger partial charge in [-0.2, -0.15) is 4.98 Å². The van der Waals surface area contributed by atoms with Crippen molar-refractivity contribution in [1.82, 2.24) is 4.98 Å². The van der Waals surface area contributed by atoms with Crippen LogP contribution in [0.15, 0.2) is 34.9 Å². The van der Waals surface area contributed by atoms with Gasteiger partial charge in [0, 0.05) is 12.2 Å². The molecule has 0 aliphatic rings. The van der Waals surface area contributed by atoms with Crippen LogP contribution in [0.25, 0.3) is 0 Å². The summed E-state index contributed by atoms with van der Waals surface area (Å²) < 4.78 is 9.94. The minimum Gasteiger partial charge on any atom is -0.461 e. The standard InChI is InChI=1S/C13H15N3O3/c1-2-18-12(17)11-8-19-13(16-11)15-7-9-5-3-4-6-10(9)14/h3-6,8H,2,7,14H2,1H3,(H,15,16). The summed E-state index contributed by atoms with van der Waals surface area (Å²) in [5.41, 5.74) is 7.57. The van der Waals surface area contributed by atoms with Crippen LogP contribution in [0.5, 0.6) is 0 Å². The molecule has 0 aliphatic carbocycles. The maximum atomic E-state index is 11.4. The van der Waals surface area contributed by atoms with E-state index in [1.807, 2.05) is 24.3 Å². The molecular formula is C13H15N3O3. The SMILES string of the molecule is CCOC(=O)c1coc(NCc2ccccc2N)n1. The van der Waals surface area contributed by atoms with Crippen LogP contribution in [0.4, 0.5) is 11.7 Å². The van der Waals surface area contributed by atoms with Crippen LogP contribution in [0.2, 0.25) is 0 Å². The molecule has 0 unspecified atom stereocenters. The molecule has 0 spiro atoms. The van der Waals surface area contributed by atoms with Gasteiger partial charge in [-0.15, -0.1) is 0 Å². The topological polar surface area (TPSA) is 90.4 Å².